The molecule has 0 radical (unpaired) electrons. The Kier molecular flexibility index (Phi) is 6.55. The number of benzene rings is 2. The van der Waals surface area contributed by atoms with E-state index in [9.17, 15) is 14.7 Å². The van der Waals surface area contributed by atoms with Crippen molar-refractivity contribution in [1.82, 2.24) is 0 Å². The maximum Gasteiger partial charge on any atom is 0.333 e. The van der Waals surface area contributed by atoms with E-state index >= 15 is 0 Å². The monoisotopic (exact) mass is 354 g/mol. The second-order valence-corrected chi connectivity index (χ2v) is 5.90. The van der Waals surface area contributed by atoms with E-state index in [1.165, 1.54) is 12.1 Å². The molecule has 0 amide bonds. The van der Waals surface area contributed by atoms with Crippen molar-refractivity contribution in [3.8, 4) is 11.5 Å². The molecule has 26 heavy (non-hydrogen) atoms. The molecule has 2 aromatic rings. The summed E-state index contributed by atoms with van der Waals surface area (Å²) in [7, 11) is 0. The number of phenolic OH excluding ortho intramolecular Hbond substituents is 1. The van der Waals surface area contributed by atoms with Gasteiger partial charge in [-0.3, -0.25) is 4.79 Å². The Balaban J connectivity index is 2.04. The normalized spacial score (nSPS) is 11.5. The topological polar surface area (TPSA) is 72.8 Å². The van der Waals surface area contributed by atoms with Gasteiger partial charge in [0.25, 0.3) is 0 Å². The summed E-state index contributed by atoms with van der Waals surface area (Å²) in [5.74, 6) is -0.510. The van der Waals surface area contributed by atoms with Crippen LogP contribution in [0.5, 0.6) is 11.5 Å². The lowest BCUT2D eigenvalue weighted by Crippen LogP contribution is -2.24. The predicted octanol–water partition coefficient (Wildman–Crippen LogP) is 3.90. The van der Waals surface area contributed by atoms with Crippen molar-refractivity contribution in [2.75, 3.05) is 6.61 Å². The lowest BCUT2D eigenvalue weighted by Gasteiger charge is -2.17. The zero-order valence-corrected chi connectivity index (χ0v) is 14.9. The van der Waals surface area contributed by atoms with Crippen molar-refractivity contribution < 1.29 is 24.2 Å². The number of hydrogen-bond acceptors (Lipinski definition) is 5. The van der Waals surface area contributed by atoms with Gasteiger partial charge in [0.15, 0.2) is 5.78 Å². The number of carbonyl (C=O) groups excluding carboxylic acids is 2. The second-order valence-electron chi connectivity index (χ2n) is 5.90. The van der Waals surface area contributed by atoms with Crippen LogP contribution in [0.1, 0.15) is 36.2 Å². The molecule has 0 saturated heterocycles. The fourth-order valence-corrected chi connectivity index (χ4v) is 2.21. The van der Waals surface area contributed by atoms with Gasteiger partial charge < -0.3 is 14.6 Å². The van der Waals surface area contributed by atoms with E-state index in [-0.39, 0.29) is 23.7 Å². The Morgan fingerprint density at radius 1 is 1.15 bits per heavy atom. The molecule has 1 unspecified atom stereocenters. The molecule has 1 atom stereocenters. The predicted molar refractivity (Wildman–Crippen MR) is 98.5 cm³/mol. The van der Waals surface area contributed by atoms with Crippen molar-refractivity contribution in [1.29, 1.82) is 0 Å². The maximum atomic E-state index is 12.4. The SMILES string of the molecule is C=C(C)C(=O)OC(CC)COc1ccc(C(=O)c2ccccc2)c(O)c1. The molecule has 0 spiro atoms. The molecule has 0 aromatic heterocycles. The van der Waals surface area contributed by atoms with Gasteiger partial charge in [0.05, 0.1) is 5.56 Å². The minimum absolute atomic E-state index is 0.140. The highest BCUT2D eigenvalue weighted by Gasteiger charge is 2.16. The van der Waals surface area contributed by atoms with Crippen LogP contribution in [0.2, 0.25) is 0 Å². The van der Waals surface area contributed by atoms with Gasteiger partial charge in [0, 0.05) is 17.2 Å². The number of aromatic hydroxyl groups is 1. The molecule has 2 rings (SSSR count). The van der Waals surface area contributed by atoms with E-state index in [2.05, 4.69) is 6.58 Å². The molecule has 0 fully saturated rings. The first-order valence-electron chi connectivity index (χ1n) is 8.34. The van der Waals surface area contributed by atoms with Crippen LogP contribution >= 0.6 is 0 Å². The maximum absolute atomic E-state index is 12.4. The number of esters is 1. The van der Waals surface area contributed by atoms with Crippen LogP contribution in [0, 0.1) is 0 Å². The van der Waals surface area contributed by atoms with Gasteiger partial charge in [-0.25, -0.2) is 4.79 Å². The van der Waals surface area contributed by atoms with Gasteiger partial charge in [-0.1, -0.05) is 43.8 Å². The summed E-state index contributed by atoms with van der Waals surface area (Å²) in [4.78, 5) is 24.0. The summed E-state index contributed by atoms with van der Waals surface area (Å²) in [6.07, 6.45) is 0.155. The van der Waals surface area contributed by atoms with E-state index < -0.39 is 12.1 Å². The molecule has 0 heterocycles. The molecular weight excluding hydrogens is 332 g/mol. The number of ketones is 1. The van der Waals surface area contributed by atoms with Gasteiger partial charge >= 0.3 is 5.97 Å². The minimum atomic E-state index is -0.466. The molecule has 0 bridgehead atoms. The first kappa shape index (κ1) is 19.2. The Hall–Kier alpha value is -3.08. The van der Waals surface area contributed by atoms with E-state index in [0.717, 1.165) is 0 Å². The summed E-state index contributed by atoms with van der Waals surface area (Å²) in [6.45, 7) is 7.14. The highest BCUT2D eigenvalue weighted by Crippen LogP contribution is 2.26. The Labute approximate surface area is 152 Å². The van der Waals surface area contributed by atoms with Crippen molar-refractivity contribution in [2.45, 2.75) is 26.4 Å². The Morgan fingerprint density at radius 2 is 1.85 bits per heavy atom. The average molecular weight is 354 g/mol. The highest BCUT2D eigenvalue weighted by molar-refractivity contribution is 6.10. The van der Waals surface area contributed by atoms with Gasteiger partial charge in [0.2, 0.25) is 0 Å². The lowest BCUT2D eigenvalue weighted by atomic mass is 10.0. The van der Waals surface area contributed by atoms with E-state index in [1.54, 1.807) is 37.3 Å². The number of carbonyl (C=O) groups is 2. The van der Waals surface area contributed by atoms with Crippen molar-refractivity contribution in [2.24, 2.45) is 0 Å². The molecule has 5 heteroatoms. The molecule has 5 nitrogen and oxygen atoms in total. The minimum Gasteiger partial charge on any atom is -0.507 e. The van der Waals surface area contributed by atoms with Crippen LogP contribution < -0.4 is 4.74 Å². The van der Waals surface area contributed by atoms with Crippen LogP contribution in [0.15, 0.2) is 60.7 Å². The number of ether oxygens (including phenoxy) is 2. The Morgan fingerprint density at radius 3 is 2.42 bits per heavy atom. The van der Waals surface area contributed by atoms with Crippen molar-refractivity contribution in [3.05, 3.63) is 71.8 Å². The molecule has 136 valence electrons. The fraction of sp³-hybridized carbons (Fsp3) is 0.238. The van der Waals surface area contributed by atoms with Gasteiger partial charge in [-0.2, -0.15) is 0 Å². The third-order valence-electron chi connectivity index (χ3n) is 3.76. The largest absolute Gasteiger partial charge is 0.507 e. The first-order chi connectivity index (χ1) is 12.4. The zero-order chi connectivity index (χ0) is 19.1. The molecule has 1 N–H and O–H groups in total. The summed E-state index contributed by atoms with van der Waals surface area (Å²) in [6, 6.07) is 13.2. The Bertz CT molecular complexity index is 795. The standard InChI is InChI=1S/C21H22O5/c1-4-16(26-21(24)14(2)3)13-25-17-10-11-18(19(22)12-17)20(23)15-8-6-5-7-9-15/h5-12,16,22H,2,4,13H2,1,3H3. The van der Waals surface area contributed by atoms with E-state index in [4.69, 9.17) is 9.47 Å². The molecule has 0 aliphatic heterocycles. The molecule has 0 aliphatic carbocycles. The van der Waals surface area contributed by atoms with Crippen LogP contribution in [-0.2, 0) is 9.53 Å². The van der Waals surface area contributed by atoms with E-state index in [1.807, 2.05) is 13.0 Å². The van der Waals surface area contributed by atoms with Crippen molar-refractivity contribution in [3.63, 3.8) is 0 Å². The summed E-state index contributed by atoms with van der Waals surface area (Å²) in [5.41, 5.74) is 1.02. The van der Waals surface area contributed by atoms with Crippen molar-refractivity contribution >= 4 is 11.8 Å². The molecule has 2 aromatic carbocycles. The summed E-state index contributed by atoms with van der Waals surface area (Å²) < 4.78 is 10.8. The van der Waals surface area contributed by atoms with Crippen LogP contribution in [0.3, 0.4) is 0 Å². The van der Waals surface area contributed by atoms with Gasteiger partial charge in [-0.05, 0) is 25.5 Å². The smallest absolute Gasteiger partial charge is 0.333 e. The number of rotatable bonds is 8. The number of hydrogen-bond donors (Lipinski definition) is 1. The molecule has 0 saturated carbocycles. The first-order valence-corrected chi connectivity index (χ1v) is 8.34. The fourth-order valence-electron chi connectivity index (χ4n) is 2.21. The van der Waals surface area contributed by atoms with Crippen LogP contribution in [0.25, 0.3) is 0 Å². The summed E-state index contributed by atoms with van der Waals surface area (Å²) >= 11 is 0. The summed E-state index contributed by atoms with van der Waals surface area (Å²) in [5, 5.41) is 10.2. The lowest BCUT2D eigenvalue weighted by molar-refractivity contribution is -0.145. The third kappa shape index (κ3) is 4.96. The molecular formula is C21H22O5. The third-order valence-corrected chi connectivity index (χ3v) is 3.76. The quantitative estimate of drug-likeness (QED) is 0.442. The van der Waals surface area contributed by atoms with Gasteiger partial charge in [0.1, 0.15) is 24.2 Å². The highest BCUT2D eigenvalue weighted by atomic mass is 16.6. The van der Waals surface area contributed by atoms with Gasteiger partial charge in [-0.15, -0.1) is 0 Å². The molecule has 0 aliphatic rings. The average Bonchev–Trinajstić information content (AvgIpc) is 2.65. The number of phenols is 1. The van der Waals surface area contributed by atoms with E-state index in [0.29, 0.717) is 23.3 Å². The second kappa shape index (κ2) is 8.85. The zero-order valence-electron chi connectivity index (χ0n) is 14.9. The van der Waals surface area contributed by atoms with Crippen LogP contribution in [0.4, 0.5) is 0 Å². The van der Waals surface area contributed by atoms with Crippen LogP contribution in [-0.4, -0.2) is 29.6 Å².